The summed E-state index contributed by atoms with van der Waals surface area (Å²) >= 11 is 0. The first-order valence-corrected chi connectivity index (χ1v) is 8.87. The number of hydrogen-bond donors (Lipinski definition) is 3. The number of hydrogen-bond acceptors (Lipinski definition) is 3. The molecule has 1 unspecified atom stereocenters. The summed E-state index contributed by atoms with van der Waals surface area (Å²) in [7, 11) is 0. The zero-order chi connectivity index (χ0) is 19.2. The van der Waals surface area contributed by atoms with Gasteiger partial charge in [0.05, 0.1) is 6.10 Å². The number of aliphatic hydroxyl groups excluding tert-OH is 1. The van der Waals surface area contributed by atoms with Gasteiger partial charge in [0, 0.05) is 12.2 Å². The molecule has 2 amide bonds. The molecule has 0 radical (unpaired) electrons. The van der Waals surface area contributed by atoms with E-state index in [0.29, 0.717) is 12.1 Å². The third-order valence-corrected chi connectivity index (χ3v) is 4.49. The molecule has 5 heteroatoms. The first-order valence-electron chi connectivity index (χ1n) is 8.87. The van der Waals surface area contributed by atoms with E-state index in [1.165, 1.54) is 0 Å². The molecule has 27 heavy (non-hydrogen) atoms. The van der Waals surface area contributed by atoms with Gasteiger partial charge in [-0.2, -0.15) is 0 Å². The van der Waals surface area contributed by atoms with Crippen molar-refractivity contribution in [1.29, 1.82) is 0 Å². The van der Waals surface area contributed by atoms with Gasteiger partial charge in [0.2, 0.25) is 0 Å². The van der Waals surface area contributed by atoms with E-state index in [4.69, 9.17) is 0 Å². The number of para-hydroxylation sites is 1. The molecule has 0 aliphatic carbocycles. The van der Waals surface area contributed by atoms with E-state index in [1.54, 1.807) is 12.1 Å². The highest BCUT2D eigenvalue weighted by Crippen LogP contribution is 2.25. The lowest BCUT2D eigenvalue weighted by molar-refractivity contribution is -0.136. The van der Waals surface area contributed by atoms with E-state index >= 15 is 0 Å². The largest absolute Gasteiger partial charge is 0.388 e. The van der Waals surface area contributed by atoms with Crippen LogP contribution in [0.25, 0.3) is 10.8 Å². The minimum absolute atomic E-state index is 0.199. The molecule has 3 aromatic rings. The Hall–Kier alpha value is -3.18. The fourth-order valence-corrected chi connectivity index (χ4v) is 2.99. The van der Waals surface area contributed by atoms with Gasteiger partial charge in [-0.1, -0.05) is 60.7 Å². The smallest absolute Gasteiger partial charge is 0.313 e. The van der Waals surface area contributed by atoms with Crippen LogP contribution in [0.15, 0.2) is 66.7 Å². The summed E-state index contributed by atoms with van der Waals surface area (Å²) in [6.45, 7) is 2.05. The Labute approximate surface area is 158 Å². The molecule has 0 aromatic heterocycles. The number of carbonyl (C=O) groups is 2. The van der Waals surface area contributed by atoms with Gasteiger partial charge in [-0.25, -0.2) is 0 Å². The molecule has 0 aliphatic rings. The second-order valence-corrected chi connectivity index (χ2v) is 6.40. The Balaban J connectivity index is 1.55. The van der Waals surface area contributed by atoms with Crippen molar-refractivity contribution in [3.8, 4) is 0 Å². The molecule has 0 aliphatic heterocycles. The fraction of sp³-hybridized carbons (Fsp3) is 0.182. The fourth-order valence-electron chi connectivity index (χ4n) is 2.99. The van der Waals surface area contributed by atoms with Gasteiger partial charge in [0.1, 0.15) is 0 Å². The molecule has 3 rings (SSSR count). The summed E-state index contributed by atoms with van der Waals surface area (Å²) in [6.07, 6.45) is -0.409. The summed E-state index contributed by atoms with van der Waals surface area (Å²) in [4.78, 5) is 24.0. The zero-order valence-corrected chi connectivity index (χ0v) is 15.1. The number of aliphatic hydroxyl groups is 1. The van der Waals surface area contributed by atoms with E-state index in [9.17, 15) is 14.7 Å². The van der Waals surface area contributed by atoms with Gasteiger partial charge in [-0.05, 0) is 41.3 Å². The average molecular weight is 362 g/mol. The number of amides is 2. The molecule has 0 spiro atoms. The number of nitrogens with one attached hydrogen (secondary N) is 2. The third-order valence-electron chi connectivity index (χ3n) is 4.49. The molecule has 1 atom stereocenters. The number of anilines is 1. The van der Waals surface area contributed by atoms with Crippen molar-refractivity contribution >= 4 is 28.3 Å². The first-order chi connectivity index (χ1) is 13.1. The molecular formula is C22H22N2O3. The summed E-state index contributed by atoms with van der Waals surface area (Å²) in [5.74, 6) is -1.44. The van der Waals surface area contributed by atoms with Gasteiger partial charge in [-0.15, -0.1) is 0 Å². The summed E-state index contributed by atoms with van der Waals surface area (Å²) < 4.78 is 0. The lowest BCUT2D eigenvalue weighted by atomic mass is 9.99. The van der Waals surface area contributed by atoms with Crippen molar-refractivity contribution in [3.63, 3.8) is 0 Å². The lowest BCUT2D eigenvalue weighted by Gasteiger charge is -2.14. The summed E-state index contributed by atoms with van der Waals surface area (Å²) in [5.41, 5.74) is 2.30. The van der Waals surface area contributed by atoms with Gasteiger partial charge in [-0.3, -0.25) is 9.59 Å². The van der Waals surface area contributed by atoms with Crippen molar-refractivity contribution in [2.75, 3.05) is 11.9 Å². The Morgan fingerprint density at radius 1 is 0.926 bits per heavy atom. The second-order valence-electron chi connectivity index (χ2n) is 6.40. The zero-order valence-electron chi connectivity index (χ0n) is 15.1. The van der Waals surface area contributed by atoms with Crippen LogP contribution in [0.1, 0.15) is 23.7 Å². The number of benzene rings is 3. The molecule has 5 nitrogen and oxygen atoms in total. The van der Waals surface area contributed by atoms with Gasteiger partial charge in [0.15, 0.2) is 0 Å². The van der Waals surface area contributed by atoms with Gasteiger partial charge >= 0.3 is 11.8 Å². The Morgan fingerprint density at radius 3 is 2.44 bits per heavy atom. The monoisotopic (exact) mass is 362 g/mol. The minimum atomic E-state index is -0.726. The van der Waals surface area contributed by atoms with Crippen molar-refractivity contribution in [2.24, 2.45) is 0 Å². The SMILES string of the molecule is Cc1ccccc1NC(=O)C(=O)NCCC(O)c1cccc2ccccc12. The lowest BCUT2D eigenvalue weighted by Crippen LogP contribution is -2.36. The van der Waals surface area contributed by atoms with Crippen LogP contribution in [-0.4, -0.2) is 23.5 Å². The first kappa shape index (κ1) is 18.6. The minimum Gasteiger partial charge on any atom is -0.388 e. The molecule has 0 saturated heterocycles. The van der Waals surface area contributed by atoms with Crippen LogP contribution in [0.2, 0.25) is 0 Å². The summed E-state index contributed by atoms with van der Waals surface area (Å²) in [5, 5.41) is 17.7. The Kier molecular flexibility index (Phi) is 5.84. The van der Waals surface area contributed by atoms with Crippen LogP contribution in [-0.2, 0) is 9.59 Å². The van der Waals surface area contributed by atoms with Crippen LogP contribution >= 0.6 is 0 Å². The predicted octanol–water partition coefficient (Wildman–Crippen LogP) is 3.33. The van der Waals surface area contributed by atoms with Gasteiger partial charge in [0.25, 0.3) is 0 Å². The Morgan fingerprint density at radius 2 is 1.63 bits per heavy atom. The van der Waals surface area contributed by atoms with Crippen molar-refractivity contribution in [3.05, 3.63) is 77.9 Å². The van der Waals surface area contributed by atoms with Crippen molar-refractivity contribution < 1.29 is 14.7 Å². The number of aryl methyl sites for hydroxylation is 1. The molecule has 0 saturated carbocycles. The van der Waals surface area contributed by atoms with Crippen LogP contribution in [0.5, 0.6) is 0 Å². The number of carbonyl (C=O) groups excluding carboxylic acids is 2. The van der Waals surface area contributed by atoms with Crippen LogP contribution < -0.4 is 10.6 Å². The van der Waals surface area contributed by atoms with E-state index in [2.05, 4.69) is 10.6 Å². The number of fused-ring (bicyclic) bond motifs is 1. The molecule has 138 valence electrons. The molecule has 0 fully saturated rings. The highest BCUT2D eigenvalue weighted by Gasteiger charge is 2.16. The molecule has 3 N–H and O–H groups in total. The van der Waals surface area contributed by atoms with E-state index in [-0.39, 0.29) is 6.54 Å². The third kappa shape index (κ3) is 4.51. The van der Waals surface area contributed by atoms with E-state index < -0.39 is 17.9 Å². The van der Waals surface area contributed by atoms with Gasteiger partial charge < -0.3 is 15.7 Å². The van der Waals surface area contributed by atoms with Crippen molar-refractivity contribution in [1.82, 2.24) is 5.32 Å². The van der Waals surface area contributed by atoms with E-state index in [1.807, 2.05) is 61.5 Å². The maximum atomic E-state index is 12.0. The topological polar surface area (TPSA) is 78.4 Å². The standard InChI is InChI=1S/C22H22N2O3/c1-15-7-2-5-12-19(15)24-22(27)21(26)23-14-13-20(25)18-11-6-9-16-8-3-4-10-17(16)18/h2-12,20,25H,13-14H2,1H3,(H,23,26)(H,24,27). The second kappa shape index (κ2) is 8.47. The maximum Gasteiger partial charge on any atom is 0.313 e. The molecule has 3 aromatic carbocycles. The van der Waals surface area contributed by atoms with Crippen LogP contribution in [0.4, 0.5) is 5.69 Å². The predicted molar refractivity (Wildman–Crippen MR) is 106 cm³/mol. The van der Waals surface area contributed by atoms with Crippen LogP contribution in [0, 0.1) is 6.92 Å². The van der Waals surface area contributed by atoms with E-state index in [0.717, 1.165) is 21.9 Å². The average Bonchev–Trinajstić information content (AvgIpc) is 2.69. The quantitative estimate of drug-likeness (QED) is 0.609. The maximum absolute atomic E-state index is 12.0. The number of rotatable bonds is 5. The molecular weight excluding hydrogens is 340 g/mol. The molecule has 0 bridgehead atoms. The Bertz CT molecular complexity index is 963. The summed E-state index contributed by atoms with van der Waals surface area (Å²) in [6, 6.07) is 20.8. The van der Waals surface area contributed by atoms with Crippen molar-refractivity contribution in [2.45, 2.75) is 19.4 Å². The highest BCUT2D eigenvalue weighted by atomic mass is 16.3. The highest BCUT2D eigenvalue weighted by molar-refractivity contribution is 6.39. The molecule has 0 heterocycles. The van der Waals surface area contributed by atoms with Crippen LogP contribution in [0.3, 0.4) is 0 Å². The normalized spacial score (nSPS) is 11.8.